The van der Waals surface area contributed by atoms with Crippen molar-refractivity contribution < 1.29 is 0 Å². The number of thioether (sulfide) groups is 1. The second-order valence-electron chi connectivity index (χ2n) is 3.76. The maximum absolute atomic E-state index is 6.25. The molecule has 2 heteroatoms. The Bertz CT molecular complexity index is 500. The molecule has 2 aromatic rings. The van der Waals surface area contributed by atoms with Gasteiger partial charge in [-0.05, 0) is 30.0 Å². The van der Waals surface area contributed by atoms with Gasteiger partial charge in [0.25, 0.3) is 0 Å². The average molecular weight is 261 g/mol. The first-order chi connectivity index (χ1) is 8.25. The fourth-order valence-electron chi connectivity index (χ4n) is 1.40. The molecule has 0 spiro atoms. The zero-order valence-corrected chi connectivity index (χ0v) is 11.1. The predicted octanol–water partition coefficient (Wildman–Crippen LogP) is 5.32. The molecular formula is C15H13ClS. The lowest BCUT2D eigenvalue weighted by molar-refractivity contribution is 1.46. The van der Waals surface area contributed by atoms with Crippen molar-refractivity contribution in [3.05, 3.63) is 71.1 Å². The van der Waals surface area contributed by atoms with Crippen LogP contribution in [0.1, 0.15) is 11.1 Å². The van der Waals surface area contributed by atoms with E-state index < -0.39 is 0 Å². The first-order valence-corrected chi connectivity index (χ1v) is 6.66. The van der Waals surface area contributed by atoms with Gasteiger partial charge in [0.15, 0.2) is 0 Å². The maximum atomic E-state index is 6.25. The molecule has 0 amide bonds. The summed E-state index contributed by atoms with van der Waals surface area (Å²) in [5.41, 5.74) is 2.30. The van der Waals surface area contributed by atoms with Crippen LogP contribution in [0.4, 0.5) is 0 Å². The second kappa shape index (κ2) is 5.95. The van der Waals surface area contributed by atoms with Crippen LogP contribution in [0.15, 0.2) is 64.9 Å². The summed E-state index contributed by atoms with van der Waals surface area (Å²) in [7, 11) is 0. The minimum atomic E-state index is 0.777. The van der Waals surface area contributed by atoms with E-state index in [0.717, 1.165) is 10.6 Å². The quantitative estimate of drug-likeness (QED) is 0.673. The van der Waals surface area contributed by atoms with Crippen LogP contribution in [0.5, 0.6) is 0 Å². The largest absolute Gasteiger partial charge is 0.0965 e. The average Bonchev–Trinajstić information content (AvgIpc) is 2.38. The van der Waals surface area contributed by atoms with Crippen molar-refractivity contribution in [1.29, 1.82) is 0 Å². The van der Waals surface area contributed by atoms with Gasteiger partial charge in [-0.3, -0.25) is 0 Å². The summed E-state index contributed by atoms with van der Waals surface area (Å²) in [6, 6.07) is 18.4. The lowest BCUT2D eigenvalue weighted by Crippen LogP contribution is -1.77. The molecule has 0 aromatic heterocycles. The number of rotatable bonds is 3. The molecule has 0 nitrogen and oxygen atoms in total. The van der Waals surface area contributed by atoms with E-state index in [1.54, 1.807) is 11.8 Å². The van der Waals surface area contributed by atoms with Crippen molar-refractivity contribution in [2.75, 3.05) is 0 Å². The van der Waals surface area contributed by atoms with Crippen molar-refractivity contribution >= 4 is 28.4 Å². The number of hydrogen-bond acceptors (Lipinski definition) is 1. The van der Waals surface area contributed by atoms with Crippen molar-refractivity contribution in [2.24, 2.45) is 0 Å². The summed E-state index contributed by atoms with van der Waals surface area (Å²) in [6.45, 7) is 2.07. The van der Waals surface area contributed by atoms with E-state index in [2.05, 4.69) is 31.2 Å². The molecule has 0 heterocycles. The monoisotopic (exact) mass is 260 g/mol. The topological polar surface area (TPSA) is 0 Å². The third kappa shape index (κ3) is 3.65. The molecule has 2 aromatic carbocycles. The Hall–Kier alpha value is -1.18. The molecule has 0 unspecified atom stereocenters. The summed E-state index contributed by atoms with van der Waals surface area (Å²) in [4.78, 5) is 1.19. The fraction of sp³-hybridized carbons (Fsp3) is 0.0667. The van der Waals surface area contributed by atoms with E-state index in [1.165, 1.54) is 10.5 Å². The zero-order chi connectivity index (χ0) is 12.1. The number of hydrogen-bond donors (Lipinski definition) is 0. The molecule has 17 heavy (non-hydrogen) atoms. The molecule has 0 fully saturated rings. The van der Waals surface area contributed by atoms with Crippen LogP contribution in [0.3, 0.4) is 0 Å². The third-order valence-electron chi connectivity index (χ3n) is 2.37. The van der Waals surface area contributed by atoms with E-state index in [0.29, 0.717) is 0 Å². The van der Waals surface area contributed by atoms with Crippen molar-refractivity contribution in [1.82, 2.24) is 0 Å². The smallest absolute Gasteiger partial charge is 0.0544 e. The minimum Gasteiger partial charge on any atom is -0.0965 e. The van der Waals surface area contributed by atoms with Crippen molar-refractivity contribution in [3.8, 4) is 0 Å². The lowest BCUT2D eigenvalue weighted by atomic mass is 10.1. The first-order valence-electron chi connectivity index (χ1n) is 5.40. The van der Waals surface area contributed by atoms with Gasteiger partial charge in [-0.25, -0.2) is 0 Å². The Labute approximate surface area is 111 Å². The first kappa shape index (κ1) is 12.3. The molecule has 0 aliphatic carbocycles. The van der Waals surface area contributed by atoms with E-state index >= 15 is 0 Å². The van der Waals surface area contributed by atoms with Gasteiger partial charge in [0.2, 0.25) is 0 Å². The van der Waals surface area contributed by atoms with Crippen LogP contribution in [0.25, 0.3) is 5.03 Å². The summed E-state index contributed by atoms with van der Waals surface area (Å²) >= 11 is 7.88. The van der Waals surface area contributed by atoms with E-state index in [-0.39, 0.29) is 0 Å². The summed E-state index contributed by atoms with van der Waals surface area (Å²) in [5.74, 6) is 0. The Morgan fingerprint density at radius 2 is 1.65 bits per heavy atom. The van der Waals surface area contributed by atoms with Gasteiger partial charge < -0.3 is 0 Å². The number of benzene rings is 2. The highest BCUT2D eigenvalue weighted by Gasteiger charge is 1.97. The van der Waals surface area contributed by atoms with Gasteiger partial charge in [-0.15, -0.1) is 0 Å². The molecule has 0 atom stereocenters. The highest BCUT2D eigenvalue weighted by Crippen LogP contribution is 2.27. The third-order valence-corrected chi connectivity index (χ3v) is 3.72. The Kier molecular flexibility index (Phi) is 4.29. The van der Waals surface area contributed by atoms with Crippen molar-refractivity contribution in [2.45, 2.75) is 11.8 Å². The lowest BCUT2D eigenvalue weighted by Gasteiger charge is -2.00. The molecule has 2 rings (SSSR count). The van der Waals surface area contributed by atoms with Gasteiger partial charge in [-0.2, -0.15) is 0 Å². The summed E-state index contributed by atoms with van der Waals surface area (Å²) in [5, 5.41) is 2.75. The fourth-order valence-corrected chi connectivity index (χ4v) is 2.35. The Morgan fingerprint density at radius 3 is 2.29 bits per heavy atom. The van der Waals surface area contributed by atoms with Gasteiger partial charge in [0.05, 0.1) is 5.03 Å². The normalized spacial score (nSPS) is 11.5. The highest BCUT2D eigenvalue weighted by atomic mass is 35.5. The van der Waals surface area contributed by atoms with Gasteiger partial charge in [0.1, 0.15) is 0 Å². The molecule has 0 aliphatic heterocycles. The Morgan fingerprint density at radius 1 is 1.00 bits per heavy atom. The minimum absolute atomic E-state index is 0.777. The zero-order valence-electron chi connectivity index (χ0n) is 9.56. The molecule has 86 valence electrons. The van der Waals surface area contributed by atoms with Crippen molar-refractivity contribution in [3.63, 3.8) is 0 Å². The molecule has 0 bridgehead atoms. The molecule has 0 saturated carbocycles. The van der Waals surface area contributed by atoms with E-state index in [1.807, 2.05) is 35.7 Å². The number of halogens is 1. The molecule has 0 N–H and O–H groups in total. The van der Waals surface area contributed by atoms with Crippen LogP contribution >= 0.6 is 23.4 Å². The summed E-state index contributed by atoms with van der Waals surface area (Å²) in [6.07, 6.45) is 0. The summed E-state index contributed by atoms with van der Waals surface area (Å²) < 4.78 is 0. The van der Waals surface area contributed by atoms with Gasteiger partial charge >= 0.3 is 0 Å². The standard InChI is InChI=1S/C15H13ClS/c1-12-7-9-13(10-8-12)15(16)11-17-14-5-3-2-4-6-14/h2-11H,1H3/b15-11-. The second-order valence-corrected chi connectivity index (χ2v) is 5.11. The van der Waals surface area contributed by atoms with Gasteiger partial charge in [-0.1, -0.05) is 71.4 Å². The van der Waals surface area contributed by atoms with Crippen LogP contribution < -0.4 is 0 Å². The Balaban J connectivity index is 2.10. The molecule has 0 radical (unpaired) electrons. The number of aryl methyl sites for hydroxylation is 1. The molecule has 0 saturated heterocycles. The van der Waals surface area contributed by atoms with Gasteiger partial charge in [0, 0.05) is 4.90 Å². The predicted molar refractivity (Wildman–Crippen MR) is 77.3 cm³/mol. The van der Waals surface area contributed by atoms with Crippen LogP contribution in [0, 0.1) is 6.92 Å². The highest BCUT2D eigenvalue weighted by molar-refractivity contribution is 8.02. The molecular weight excluding hydrogens is 248 g/mol. The van der Waals surface area contributed by atoms with E-state index in [4.69, 9.17) is 11.6 Å². The SMILES string of the molecule is Cc1ccc(/C(Cl)=C/Sc2ccccc2)cc1. The van der Waals surface area contributed by atoms with E-state index in [9.17, 15) is 0 Å². The van der Waals surface area contributed by atoms with Crippen LogP contribution in [-0.4, -0.2) is 0 Å². The molecule has 0 aliphatic rings. The van der Waals surface area contributed by atoms with Crippen LogP contribution in [0.2, 0.25) is 0 Å². The van der Waals surface area contributed by atoms with Crippen LogP contribution in [-0.2, 0) is 0 Å². The maximum Gasteiger partial charge on any atom is 0.0544 e.